The van der Waals surface area contributed by atoms with Crippen LogP contribution >= 0.6 is 0 Å². The van der Waals surface area contributed by atoms with Gasteiger partial charge in [0, 0.05) is 17.8 Å². The molecule has 0 spiro atoms. The minimum atomic E-state index is -0.0546. The first-order valence-corrected chi connectivity index (χ1v) is 7.06. The number of aromatic nitrogens is 1. The number of para-hydroxylation sites is 1. The lowest BCUT2D eigenvalue weighted by atomic mass is 10.0. The first-order chi connectivity index (χ1) is 11.2. The van der Waals surface area contributed by atoms with Crippen molar-refractivity contribution in [2.75, 3.05) is 17.2 Å². The van der Waals surface area contributed by atoms with E-state index < -0.39 is 0 Å². The van der Waals surface area contributed by atoms with Gasteiger partial charge in [-0.05, 0) is 18.1 Å². The Morgan fingerprint density at radius 3 is 2.57 bits per heavy atom. The maximum Gasteiger partial charge on any atom is 0.153 e. The molecule has 0 unspecified atom stereocenters. The lowest BCUT2D eigenvalue weighted by molar-refractivity contribution is 0.967. The molecule has 0 fully saturated rings. The molecular formula is C17H12N6. The van der Waals surface area contributed by atoms with Crippen molar-refractivity contribution >= 4 is 17.3 Å². The van der Waals surface area contributed by atoms with Crippen LogP contribution in [0.1, 0.15) is 22.3 Å². The van der Waals surface area contributed by atoms with Crippen LogP contribution < -0.4 is 10.6 Å². The number of anilines is 3. The number of hydrogen-bond acceptors (Lipinski definition) is 6. The molecule has 0 amide bonds. The highest BCUT2D eigenvalue weighted by molar-refractivity contribution is 5.76. The highest BCUT2D eigenvalue weighted by Gasteiger charge is 2.27. The van der Waals surface area contributed by atoms with Crippen molar-refractivity contribution in [1.29, 1.82) is 15.8 Å². The molecule has 0 saturated heterocycles. The summed E-state index contributed by atoms with van der Waals surface area (Å²) in [5, 5.41) is 27.8. The minimum absolute atomic E-state index is 0.0520. The SMILES string of the molecule is N#CCc1c(C#N)c(N)nc(N2CCc3ccccc32)c1C#N. The van der Waals surface area contributed by atoms with Crippen LogP contribution in [0, 0.1) is 34.0 Å². The Morgan fingerprint density at radius 2 is 1.87 bits per heavy atom. The summed E-state index contributed by atoms with van der Waals surface area (Å²) in [4.78, 5) is 6.21. The van der Waals surface area contributed by atoms with Crippen LogP contribution in [-0.4, -0.2) is 11.5 Å². The molecule has 1 aliphatic heterocycles. The van der Waals surface area contributed by atoms with Crippen molar-refractivity contribution < 1.29 is 0 Å². The van der Waals surface area contributed by atoms with E-state index in [4.69, 9.17) is 11.0 Å². The topological polar surface area (TPSA) is 114 Å². The zero-order chi connectivity index (χ0) is 16.4. The van der Waals surface area contributed by atoms with Crippen molar-refractivity contribution in [3.63, 3.8) is 0 Å². The minimum Gasteiger partial charge on any atom is -0.383 e. The Balaban J connectivity index is 2.25. The average molecular weight is 300 g/mol. The van der Waals surface area contributed by atoms with Gasteiger partial charge in [-0.25, -0.2) is 4.98 Å². The third-order valence-electron chi connectivity index (χ3n) is 3.93. The number of pyridine rings is 1. The van der Waals surface area contributed by atoms with Crippen molar-refractivity contribution in [2.24, 2.45) is 0 Å². The predicted octanol–water partition coefficient (Wildman–Crippen LogP) is 2.17. The van der Waals surface area contributed by atoms with E-state index in [0.717, 1.165) is 12.1 Å². The molecule has 0 saturated carbocycles. The van der Waals surface area contributed by atoms with E-state index in [1.54, 1.807) is 0 Å². The summed E-state index contributed by atoms with van der Waals surface area (Å²) < 4.78 is 0. The fraction of sp³-hybridized carbons (Fsp3) is 0.176. The van der Waals surface area contributed by atoms with Crippen molar-refractivity contribution in [2.45, 2.75) is 12.8 Å². The van der Waals surface area contributed by atoms with Gasteiger partial charge in [0.25, 0.3) is 0 Å². The van der Waals surface area contributed by atoms with Crippen LogP contribution in [0.15, 0.2) is 24.3 Å². The van der Waals surface area contributed by atoms with Crippen LogP contribution in [0.25, 0.3) is 0 Å². The number of fused-ring (bicyclic) bond motifs is 1. The first-order valence-electron chi connectivity index (χ1n) is 7.06. The van der Waals surface area contributed by atoms with E-state index >= 15 is 0 Å². The molecule has 6 nitrogen and oxygen atoms in total. The Bertz CT molecular complexity index is 910. The quantitative estimate of drug-likeness (QED) is 0.909. The van der Waals surface area contributed by atoms with Gasteiger partial charge in [0.15, 0.2) is 5.82 Å². The van der Waals surface area contributed by atoms with Gasteiger partial charge in [-0.1, -0.05) is 18.2 Å². The lowest BCUT2D eigenvalue weighted by Crippen LogP contribution is -2.19. The molecule has 2 heterocycles. The second kappa shape index (κ2) is 5.67. The number of benzene rings is 1. The van der Waals surface area contributed by atoms with Crippen molar-refractivity contribution in [1.82, 2.24) is 4.98 Å². The lowest BCUT2D eigenvalue weighted by Gasteiger charge is -2.21. The molecule has 1 aliphatic rings. The second-order valence-corrected chi connectivity index (χ2v) is 5.14. The fourth-order valence-corrected chi connectivity index (χ4v) is 2.89. The monoisotopic (exact) mass is 300 g/mol. The van der Waals surface area contributed by atoms with Gasteiger partial charge in [-0.15, -0.1) is 0 Å². The normalized spacial score (nSPS) is 12.1. The number of nitrogen functional groups attached to an aromatic ring is 1. The molecular weight excluding hydrogens is 288 g/mol. The molecule has 110 valence electrons. The smallest absolute Gasteiger partial charge is 0.153 e. The molecule has 2 N–H and O–H groups in total. The summed E-state index contributed by atoms with van der Waals surface area (Å²) in [6.45, 7) is 0.679. The van der Waals surface area contributed by atoms with E-state index in [1.165, 1.54) is 5.56 Å². The number of nitriles is 3. The van der Waals surface area contributed by atoms with Gasteiger partial charge in [-0.2, -0.15) is 15.8 Å². The fourth-order valence-electron chi connectivity index (χ4n) is 2.89. The predicted molar refractivity (Wildman–Crippen MR) is 84.5 cm³/mol. The van der Waals surface area contributed by atoms with E-state index in [0.29, 0.717) is 17.9 Å². The van der Waals surface area contributed by atoms with Gasteiger partial charge in [-0.3, -0.25) is 0 Å². The van der Waals surface area contributed by atoms with E-state index in [2.05, 4.69) is 11.1 Å². The number of nitrogens with two attached hydrogens (primary N) is 1. The summed E-state index contributed by atoms with van der Waals surface area (Å²) >= 11 is 0. The second-order valence-electron chi connectivity index (χ2n) is 5.14. The maximum absolute atomic E-state index is 9.57. The molecule has 1 aromatic carbocycles. The van der Waals surface area contributed by atoms with Gasteiger partial charge >= 0.3 is 0 Å². The van der Waals surface area contributed by atoms with E-state index in [1.807, 2.05) is 41.3 Å². The number of nitrogens with zero attached hydrogens (tertiary/aromatic N) is 5. The third-order valence-corrected chi connectivity index (χ3v) is 3.93. The average Bonchev–Trinajstić information content (AvgIpc) is 2.99. The van der Waals surface area contributed by atoms with Gasteiger partial charge in [0.1, 0.15) is 23.5 Å². The zero-order valence-corrected chi connectivity index (χ0v) is 12.2. The highest BCUT2D eigenvalue weighted by Crippen LogP contribution is 2.37. The van der Waals surface area contributed by atoms with Crippen molar-refractivity contribution in [3.05, 3.63) is 46.5 Å². The largest absolute Gasteiger partial charge is 0.383 e. The molecule has 0 aliphatic carbocycles. The Morgan fingerprint density at radius 1 is 1.13 bits per heavy atom. The highest BCUT2D eigenvalue weighted by atomic mass is 15.2. The summed E-state index contributed by atoms with van der Waals surface area (Å²) in [6.07, 6.45) is 0.789. The van der Waals surface area contributed by atoms with Gasteiger partial charge < -0.3 is 10.6 Å². The van der Waals surface area contributed by atoms with Crippen LogP contribution in [0.5, 0.6) is 0 Å². The first kappa shape index (κ1) is 14.4. The molecule has 0 bridgehead atoms. The Hall–Kier alpha value is -3.56. The van der Waals surface area contributed by atoms with Crippen LogP contribution in [0.3, 0.4) is 0 Å². The van der Waals surface area contributed by atoms with Crippen LogP contribution in [0.2, 0.25) is 0 Å². The molecule has 0 radical (unpaired) electrons. The summed E-state index contributed by atoms with van der Waals surface area (Å²) in [7, 11) is 0. The summed E-state index contributed by atoms with van der Waals surface area (Å²) in [5.41, 5.74) is 8.75. The number of rotatable bonds is 2. The van der Waals surface area contributed by atoms with Crippen LogP contribution in [-0.2, 0) is 12.8 Å². The van der Waals surface area contributed by atoms with E-state index in [-0.39, 0.29) is 23.4 Å². The molecule has 1 aromatic heterocycles. The maximum atomic E-state index is 9.57. The van der Waals surface area contributed by atoms with E-state index in [9.17, 15) is 10.5 Å². The third kappa shape index (κ3) is 2.21. The molecule has 23 heavy (non-hydrogen) atoms. The standard InChI is InChI=1S/C17H12N6/c18-7-5-12-13(9-19)16(21)22-17(14(12)10-20)23-8-6-11-3-1-2-4-15(11)23/h1-4H,5-6,8H2,(H2,21,22). The molecule has 3 rings (SSSR count). The van der Waals surface area contributed by atoms with Gasteiger partial charge in [0.2, 0.25) is 0 Å². The van der Waals surface area contributed by atoms with Crippen LogP contribution in [0.4, 0.5) is 17.3 Å². The summed E-state index contributed by atoms with van der Waals surface area (Å²) in [5.74, 6) is 0.468. The summed E-state index contributed by atoms with van der Waals surface area (Å²) in [6, 6.07) is 13.9. The molecule has 2 aromatic rings. The Labute approximate surface area is 133 Å². The molecule has 0 atom stereocenters. The van der Waals surface area contributed by atoms with Crippen molar-refractivity contribution in [3.8, 4) is 18.2 Å². The number of hydrogen-bond donors (Lipinski definition) is 1. The Kier molecular flexibility index (Phi) is 3.55. The van der Waals surface area contributed by atoms with Gasteiger partial charge in [0.05, 0.1) is 18.1 Å². The molecule has 6 heteroatoms. The zero-order valence-electron chi connectivity index (χ0n) is 12.2.